The number of aryl methyl sites for hydroxylation is 1. The zero-order valence-electron chi connectivity index (χ0n) is 9.45. The number of hydrogen-bond acceptors (Lipinski definition) is 2. The highest BCUT2D eigenvalue weighted by molar-refractivity contribution is 5.96. The van der Waals surface area contributed by atoms with Gasteiger partial charge in [-0.15, -0.1) is 0 Å². The fraction of sp³-hybridized carbons (Fsp3) is 0.462. The van der Waals surface area contributed by atoms with Crippen LogP contribution in [0.5, 0.6) is 0 Å². The minimum atomic E-state index is 0.162. The Morgan fingerprint density at radius 3 is 2.80 bits per heavy atom. The molecule has 0 unspecified atom stereocenters. The van der Waals surface area contributed by atoms with Gasteiger partial charge in [0.1, 0.15) is 0 Å². The maximum atomic E-state index is 11.7. The summed E-state index contributed by atoms with van der Waals surface area (Å²) in [4.78, 5) is 11.7. The van der Waals surface area contributed by atoms with Gasteiger partial charge < -0.3 is 4.74 Å². The van der Waals surface area contributed by atoms with E-state index in [2.05, 4.69) is 6.92 Å². The van der Waals surface area contributed by atoms with E-state index in [1.54, 1.807) is 0 Å². The molecule has 0 saturated carbocycles. The molecular weight excluding hydrogens is 188 g/mol. The highest BCUT2D eigenvalue weighted by atomic mass is 16.5. The fourth-order valence-electron chi connectivity index (χ4n) is 1.37. The highest BCUT2D eigenvalue weighted by Gasteiger charge is 2.04. The van der Waals surface area contributed by atoms with Gasteiger partial charge in [-0.3, -0.25) is 4.79 Å². The van der Waals surface area contributed by atoms with E-state index in [0.29, 0.717) is 13.0 Å². The van der Waals surface area contributed by atoms with Crippen LogP contribution >= 0.6 is 0 Å². The smallest absolute Gasteiger partial charge is 0.165 e. The van der Waals surface area contributed by atoms with Gasteiger partial charge >= 0.3 is 0 Å². The van der Waals surface area contributed by atoms with Crippen LogP contribution in [0.3, 0.4) is 0 Å². The zero-order chi connectivity index (χ0) is 11.1. The molecular formula is C13H18O2. The fourth-order valence-corrected chi connectivity index (χ4v) is 1.37. The van der Waals surface area contributed by atoms with Crippen molar-refractivity contribution in [1.82, 2.24) is 0 Å². The van der Waals surface area contributed by atoms with E-state index < -0.39 is 0 Å². The highest BCUT2D eigenvalue weighted by Crippen LogP contribution is 2.06. The van der Waals surface area contributed by atoms with Crippen molar-refractivity contribution in [3.8, 4) is 0 Å². The monoisotopic (exact) mass is 206 g/mol. The standard InChI is InChI=1S/C13H18O2/c1-3-8-15-9-7-13(14)12-6-4-5-11(2)10-12/h4-6,10H,3,7-9H2,1-2H3. The van der Waals surface area contributed by atoms with E-state index in [9.17, 15) is 4.79 Å². The van der Waals surface area contributed by atoms with E-state index >= 15 is 0 Å². The summed E-state index contributed by atoms with van der Waals surface area (Å²) in [6.45, 7) is 5.31. The maximum Gasteiger partial charge on any atom is 0.165 e. The van der Waals surface area contributed by atoms with E-state index in [-0.39, 0.29) is 5.78 Å². The molecule has 1 aromatic carbocycles. The molecule has 0 aliphatic heterocycles. The molecule has 1 aromatic rings. The molecule has 0 amide bonds. The Morgan fingerprint density at radius 2 is 2.13 bits per heavy atom. The van der Waals surface area contributed by atoms with Crippen LogP contribution in [0, 0.1) is 6.92 Å². The van der Waals surface area contributed by atoms with Gasteiger partial charge in [0.15, 0.2) is 5.78 Å². The summed E-state index contributed by atoms with van der Waals surface area (Å²) in [5.41, 5.74) is 1.91. The summed E-state index contributed by atoms with van der Waals surface area (Å²) in [6, 6.07) is 7.68. The number of benzene rings is 1. The molecule has 15 heavy (non-hydrogen) atoms. The van der Waals surface area contributed by atoms with E-state index in [1.165, 1.54) is 0 Å². The van der Waals surface area contributed by atoms with Crippen molar-refractivity contribution in [3.63, 3.8) is 0 Å². The van der Waals surface area contributed by atoms with Gasteiger partial charge in [0.2, 0.25) is 0 Å². The summed E-state index contributed by atoms with van der Waals surface area (Å²) in [5, 5.41) is 0. The molecule has 0 aliphatic carbocycles. The van der Waals surface area contributed by atoms with Gasteiger partial charge in [-0.2, -0.15) is 0 Å². The van der Waals surface area contributed by atoms with Crippen molar-refractivity contribution in [3.05, 3.63) is 35.4 Å². The van der Waals surface area contributed by atoms with Gasteiger partial charge in [-0.1, -0.05) is 30.7 Å². The molecule has 0 bridgehead atoms. The van der Waals surface area contributed by atoms with Crippen molar-refractivity contribution in [1.29, 1.82) is 0 Å². The van der Waals surface area contributed by atoms with Gasteiger partial charge in [0.05, 0.1) is 6.61 Å². The first-order valence-corrected chi connectivity index (χ1v) is 5.41. The molecule has 0 N–H and O–H groups in total. The Hall–Kier alpha value is -1.15. The van der Waals surface area contributed by atoms with Crippen molar-refractivity contribution in [2.45, 2.75) is 26.7 Å². The molecule has 1 rings (SSSR count). The summed E-state index contributed by atoms with van der Waals surface area (Å²) >= 11 is 0. The van der Waals surface area contributed by atoms with Gasteiger partial charge in [0, 0.05) is 18.6 Å². The van der Waals surface area contributed by atoms with Gasteiger partial charge in [0.25, 0.3) is 0 Å². The lowest BCUT2D eigenvalue weighted by molar-refractivity contribution is 0.0879. The molecule has 0 saturated heterocycles. The van der Waals surface area contributed by atoms with E-state index in [1.807, 2.05) is 31.2 Å². The van der Waals surface area contributed by atoms with Crippen molar-refractivity contribution in [2.75, 3.05) is 13.2 Å². The second kappa shape index (κ2) is 6.36. The third-order valence-corrected chi connectivity index (χ3v) is 2.16. The van der Waals surface area contributed by atoms with E-state index in [0.717, 1.165) is 24.2 Å². The molecule has 82 valence electrons. The lowest BCUT2D eigenvalue weighted by atomic mass is 10.1. The molecule has 0 atom stereocenters. The first kappa shape index (κ1) is 11.9. The Balaban J connectivity index is 2.40. The molecule has 0 spiro atoms. The number of ether oxygens (including phenoxy) is 1. The van der Waals surface area contributed by atoms with Gasteiger partial charge in [-0.25, -0.2) is 0 Å². The quantitative estimate of drug-likeness (QED) is 0.528. The average Bonchev–Trinajstić information content (AvgIpc) is 2.24. The third kappa shape index (κ3) is 4.26. The second-order valence-electron chi connectivity index (χ2n) is 3.66. The summed E-state index contributed by atoms with van der Waals surface area (Å²) in [6.07, 6.45) is 1.47. The number of carbonyl (C=O) groups is 1. The van der Waals surface area contributed by atoms with Crippen LogP contribution < -0.4 is 0 Å². The molecule has 0 aromatic heterocycles. The first-order valence-electron chi connectivity index (χ1n) is 5.41. The zero-order valence-corrected chi connectivity index (χ0v) is 9.45. The Morgan fingerprint density at radius 1 is 1.33 bits per heavy atom. The summed E-state index contributed by atoms with van der Waals surface area (Å²) in [5.74, 6) is 0.162. The van der Waals surface area contributed by atoms with E-state index in [4.69, 9.17) is 4.74 Å². The Kier molecular flexibility index (Phi) is 5.05. The lowest BCUT2D eigenvalue weighted by Gasteiger charge is -2.03. The first-order chi connectivity index (χ1) is 7.24. The number of rotatable bonds is 6. The third-order valence-electron chi connectivity index (χ3n) is 2.16. The van der Waals surface area contributed by atoms with Crippen LogP contribution in [-0.2, 0) is 4.74 Å². The molecule has 0 fully saturated rings. The number of hydrogen-bond donors (Lipinski definition) is 0. The molecule has 0 radical (unpaired) electrons. The minimum absolute atomic E-state index is 0.162. The predicted octanol–water partition coefficient (Wildman–Crippen LogP) is 2.99. The largest absolute Gasteiger partial charge is 0.381 e. The Labute approximate surface area is 91.3 Å². The SMILES string of the molecule is CCCOCCC(=O)c1cccc(C)c1. The molecule has 2 nitrogen and oxygen atoms in total. The second-order valence-corrected chi connectivity index (χ2v) is 3.66. The molecule has 0 heterocycles. The molecule has 2 heteroatoms. The topological polar surface area (TPSA) is 26.3 Å². The number of carbonyl (C=O) groups excluding carboxylic acids is 1. The average molecular weight is 206 g/mol. The van der Waals surface area contributed by atoms with Crippen LogP contribution in [0.1, 0.15) is 35.7 Å². The van der Waals surface area contributed by atoms with Crippen molar-refractivity contribution in [2.24, 2.45) is 0 Å². The maximum absolute atomic E-state index is 11.7. The van der Waals surface area contributed by atoms with Crippen LogP contribution in [0.4, 0.5) is 0 Å². The predicted molar refractivity (Wildman–Crippen MR) is 61.2 cm³/mol. The summed E-state index contributed by atoms with van der Waals surface area (Å²) in [7, 11) is 0. The van der Waals surface area contributed by atoms with Crippen molar-refractivity contribution >= 4 is 5.78 Å². The summed E-state index contributed by atoms with van der Waals surface area (Å²) < 4.78 is 5.28. The lowest BCUT2D eigenvalue weighted by Crippen LogP contribution is -2.05. The van der Waals surface area contributed by atoms with Crippen LogP contribution in [0.25, 0.3) is 0 Å². The minimum Gasteiger partial charge on any atom is -0.381 e. The van der Waals surface area contributed by atoms with Gasteiger partial charge in [-0.05, 0) is 19.4 Å². The van der Waals surface area contributed by atoms with Crippen LogP contribution in [-0.4, -0.2) is 19.0 Å². The number of ketones is 1. The van der Waals surface area contributed by atoms with Crippen LogP contribution in [0.2, 0.25) is 0 Å². The normalized spacial score (nSPS) is 10.3. The van der Waals surface area contributed by atoms with Crippen LogP contribution in [0.15, 0.2) is 24.3 Å². The Bertz CT molecular complexity index is 318. The van der Waals surface area contributed by atoms with Crippen molar-refractivity contribution < 1.29 is 9.53 Å². The molecule has 0 aliphatic rings. The number of Topliss-reactive ketones (excluding diaryl/α,β-unsaturated/α-hetero) is 1.